The van der Waals surface area contributed by atoms with Crippen molar-refractivity contribution in [2.75, 3.05) is 44.8 Å². The number of methoxy groups -OCH3 is 1. The van der Waals surface area contributed by atoms with Crippen molar-refractivity contribution in [2.45, 2.75) is 45.3 Å². The van der Waals surface area contributed by atoms with E-state index in [1.165, 1.54) is 21.1 Å². The summed E-state index contributed by atoms with van der Waals surface area (Å²) >= 11 is 0. The van der Waals surface area contributed by atoms with Crippen molar-refractivity contribution < 1.29 is 19.0 Å². The number of anilines is 1. The minimum atomic E-state index is -0.648. The van der Waals surface area contributed by atoms with E-state index in [0.29, 0.717) is 12.5 Å². The first-order valence-corrected chi connectivity index (χ1v) is 15.0. The molecule has 0 bridgehead atoms. The molecule has 0 saturated carbocycles. The Labute approximate surface area is 258 Å². The van der Waals surface area contributed by atoms with Gasteiger partial charge in [-0.3, -0.25) is 0 Å². The van der Waals surface area contributed by atoms with E-state index >= 15 is 0 Å². The molecule has 0 N–H and O–H groups in total. The van der Waals surface area contributed by atoms with Crippen LogP contribution >= 0.6 is 0 Å². The van der Waals surface area contributed by atoms with Gasteiger partial charge in [-0.1, -0.05) is 36.4 Å². The van der Waals surface area contributed by atoms with Gasteiger partial charge in [0, 0.05) is 31.2 Å². The van der Waals surface area contributed by atoms with E-state index in [1.54, 1.807) is 12.0 Å². The van der Waals surface area contributed by atoms with Crippen molar-refractivity contribution in [1.29, 1.82) is 0 Å². The Bertz CT molecular complexity index is 1580. The Hall–Kier alpha value is -4.73. The first-order chi connectivity index (χ1) is 21.2. The van der Waals surface area contributed by atoms with Gasteiger partial charge in [0.1, 0.15) is 30.0 Å². The van der Waals surface area contributed by atoms with E-state index < -0.39 is 11.7 Å². The largest absolute Gasteiger partial charge is 0.496 e. The van der Waals surface area contributed by atoms with Crippen molar-refractivity contribution in [1.82, 2.24) is 19.2 Å². The lowest BCUT2D eigenvalue weighted by atomic mass is 9.97. The summed E-state index contributed by atoms with van der Waals surface area (Å²) in [6.45, 7) is 8.37. The topological polar surface area (TPSA) is 91.1 Å². The molecule has 1 amide bonds. The summed E-state index contributed by atoms with van der Waals surface area (Å²) in [6, 6.07) is 25.6. The van der Waals surface area contributed by atoms with Gasteiger partial charge >= 0.3 is 11.8 Å². The third-order valence-electron chi connectivity index (χ3n) is 7.60. The Morgan fingerprint density at radius 2 is 1.66 bits per heavy atom. The predicted octanol–water partition coefficient (Wildman–Crippen LogP) is 5.35. The van der Waals surface area contributed by atoms with Crippen LogP contribution < -0.4 is 20.1 Å². The van der Waals surface area contributed by atoms with Gasteiger partial charge < -0.3 is 24.0 Å². The quantitative estimate of drug-likeness (QED) is 0.230. The summed E-state index contributed by atoms with van der Waals surface area (Å²) in [5.41, 5.74) is 2.15. The molecular formula is C34H41N5O5. The number of carbonyl (C=O) groups is 1. The summed E-state index contributed by atoms with van der Waals surface area (Å²) in [5, 5.41) is 4.32. The van der Waals surface area contributed by atoms with Crippen molar-refractivity contribution in [3.05, 3.63) is 101 Å². The lowest BCUT2D eigenvalue weighted by molar-refractivity contribution is 0.0217. The highest BCUT2D eigenvalue weighted by Crippen LogP contribution is 2.35. The molecule has 0 spiro atoms. The van der Waals surface area contributed by atoms with E-state index in [9.17, 15) is 9.59 Å². The Morgan fingerprint density at radius 1 is 0.955 bits per heavy atom. The SMILES string of the molecule is COc1ccccc1C1CCN(c2ccc(-n3cnn(CCN(CCOc4ccccc4)C(=O)OC(C)(C)C)c3=O)cc2)C1. The monoisotopic (exact) mass is 599 g/mol. The zero-order chi connectivity index (χ0) is 31.1. The second kappa shape index (κ2) is 13.7. The number of amides is 1. The number of rotatable bonds is 11. The highest BCUT2D eigenvalue weighted by molar-refractivity contribution is 5.68. The van der Waals surface area contributed by atoms with Crippen LogP contribution in [0.1, 0.15) is 38.7 Å². The molecule has 1 saturated heterocycles. The molecule has 1 unspecified atom stereocenters. The second-order valence-electron chi connectivity index (χ2n) is 11.8. The maximum atomic E-state index is 13.3. The van der Waals surface area contributed by atoms with Crippen LogP contribution in [0.2, 0.25) is 0 Å². The van der Waals surface area contributed by atoms with Crippen molar-refractivity contribution in [2.24, 2.45) is 0 Å². The van der Waals surface area contributed by atoms with Crippen LogP contribution in [0.25, 0.3) is 5.69 Å². The normalized spacial score (nSPS) is 14.8. The lowest BCUT2D eigenvalue weighted by Gasteiger charge is -2.27. The molecule has 1 aliphatic heterocycles. The molecule has 1 atom stereocenters. The Morgan fingerprint density at radius 3 is 2.39 bits per heavy atom. The predicted molar refractivity (Wildman–Crippen MR) is 170 cm³/mol. The van der Waals surface area contributed by atoms with Gasteiger partial charge in [0.2, 0.25) is 0 Å². The third-order valence-corrected chi connectivity index (χ3v) is 7.60. The highest BCUT2D eigenvalue weighted by atomic mass is 16.6. The fourth-order valence-electron chi connectivity index (χ4n) is 5.37. The minimum absolute atomic E-state index is 0.215. The average Bonchev–Trinajstić information content (AvgIpc) is 3.65. The first-order valence-electron chi connectivity index (χ1n) is 15.0. The third kappa shape index (κ3) is 7.61. The van der Waals surface area contributed by atoms with Crippen molar-refractivity contribution in [3.63, 3.8) is 0 Å². The van der Waals surface area contributed by atoms with E-state index in [2.05, 4.69) is 22.1 Å². The van der Waals surface area contributed by atoms with E-state index in [4.69, 9.17) is 14.2 Å². The van der Waals surface area contributed by atoms with E-state index in [-0.39, 0.29) is 25.4 Å². The summed E-state index contributed by atoms with van der Waals surface area (Å²) in [6.07, 6.45) is 2.10. The number of hydrogen-bond acceptors (Lipinski definition) is 7. The summed E-state index contributed by atoms with van der Waals surface area (Å²) in [4.78, 5) is 30.1. The van der Waals surface area contributed by atoms with Crippen LogP contribution in [0.4, 0.5) is 10.5 Å². The summed E-state index contributed by atoms with van der Waals surface area (Å²) < 4.78 is 19.9. The lowest BCUT2D eigenvalue weighted by Crippen LogP contribution is -2.41. The number of nitrogens with zero attached hydrogens (tertiary/aromatic N) is 5. The van der Waals surface area contributed by atoms with E-state index in [1.807, 2.05) is 87.5 Å². The molecule has 44 heavy (non-hydrogen) atoms. The van der Waals surface area contributed by atoms with Crippen molar-refractivity contribution in [3.8, 4) is 17.2 Å². The number of carbonyl (C=O) groups excluding carboxylic acids is 1. The van der Waals surface area contributed by atoms with Crippen LogP contribution in [0.3, 0.4) is 0 Å². The molecule has 3 aromatic carbocycles. The van der Waals surface area contributed by atoms with E-state index in [0.717, 1.165) is 42.4 Å². The number of para-hydroxylation sites is 2. The fraction of sp³-hybridized carbons (Fsp3) is 0.382. The van der Waals surface area contributed by atoms with Crippen LogP contribution in [0, 0.1) is 0 Å². The Kier molecular flexibility index (Phi) is 9.57. The Balaban J connectivity index is 1.21. The van der Waals surface area contributed by atoms with Gasteiger partial charge in [-0.2, -0.15) is 5.10 Å². The molecule has 1 aromatic heterocycles. The molecule has 4 aromatic rings. The second-order valence-corrected chi connectivity index (χ2v) is 11.8. The molecule has 0 radical (unpaired) electrons. The number of aromatic nitrogens is 3. The maximum Gasteiger partial charge on any atom is 0.410 e. The van der Waals surface area contributed by atoms with Crippen LogP contribution in [0.15, 0.2) is 90.0 Å². The first kappa shape index (κ1) is 30.7. The smallest absolute Gasteiger partial charge is 0.410 e. The zero-order valence-corrected chi connectivity index (χ0v) is 25.9. The molecule has 2 heterocycles. The van der Waals surface area contributed by atoms with Gasteiger partial charge in [-0.25, -0.2) is 18.8 Å². The number of benzene rings is 3. The molecule has 1 fully saturated rings. The maximum absolute atomic E-state index is 13.3. The molecular weight excluding hydrogens is 558 g/mol. The van der Waals surface area contributed by atoms with Crippen LogP contribution in [-0.4, -0.2) is 70.8 Å². The summed E-state index contributed by atoms with van der Waals surface area (Å²) in [7, 11) is 1.72. The molecule has 232 valence electrons. The van der Waals surface area contributed by atoms with Gasteiger partial charge in [0.05, 0.1) is 25.9 Å². The standard InChI is InChI=1S/C34H41N5O5/c1-34(2,3)44-33(41)36(22-23-43-29-10-6-5-7-11-29)20-21-39-32(40)38(25-35-39)28-16-14-27(15-17-28)37-19-18-26(24-37)30-12-8-9-13-31(30)42-4/h5-17,25-26H,18-24H2,1-4H3. The minimum Gasteiger partial charge on any atom is -0.496 e. The van der Waals surface area contributed by atoms with Crippen molar-refractivity contribution >= 4 is 11.8 Å². The van der Waals surface area contributed by atoms with Crippen LogP contribution in [0.5, 0.6) is 11.5 Å². The van der Waals surface area contributed by atoms with Gasteiger partial charge in [0.15, 0.2) is 0 Å². The molecule has 5 rings (SSSR count). The zero-order valence-electron chi connectivity index (χ0n) is 25.9. The van der Waals surface area contributed by atoms with Gasteiger partial charge in [-0.15, -0.1) is 0 Å². The highest BCUT2D eigenvalue weighted by Gasteiger charge is 2.26. The fourth-order valence-corrected chi connectivity index (χ4v) is 5.37. The summed E-state index contributed by atoms with van der Waals surface area (Å²) in [5.74, 6) is 2.05. The number of hydrogen-bond donors (Lipinski definition) is 0. The molecule has 0 aliphatic carbocycles. The molecule has 10 heteroatoms. The average molecular weight is 600 g/mol. The van der Waals surface area contributed by atoms with Crippen LogP contribution in [-0.2, 0) is 11.3 Å². The van der Waals surface area contributed by atoms with Gasteiger partial charge in [0.25, 0.3) is 0 Å². The molecule has 10 nitrogen and oxygen atoms in total. The van der Waals surface area contributed by atoms with Gasteiger partial charge in [-0.05, 0) is 75.2 Å². The number of ether oxygens (including phenoxy) is 3. The molecule has 1 aliphatic rings.